The second-order valence-electron chi connectivity index (χ2n) is 6.92. The lowest BCUT2D eigenvalue weighted by atomic mass is 9.84. The maximum atomic E-state index is 12.8. The molecule has 0 aromatic heterocycles. The van der Waals surface area contributed by atoms with Gasteiger partial charge in [0.1, 0.15) is 5.75 Å². The summed E-state index contributed by atoms with van der Waals surface area (Å²) in [6.45, 7) is -0.924. The van der Waals surface area contributed by atoms with Crippen molar-refractivity contribution in [1.29, 1.82) is 0 Å². The quantitative estimate of drug-likeness (QED) is 0.451. The number of hydrogen-bond acceptors (Lipinski definition) is 6. The number of fused-ring (bicyclic) bond motifs is 2. The zero-order chi connectivity index (χ0) is 22.7. The molecule has 0 aliphatic heterocycles. The van der Waals surface area contributed by atoms with E-state index in [4.69, 9.17) is 21.1 Å². The summed E-state index contributed by atoms with van der Waals surface area (Å²) in [6, 6.07) is 17.5. The number of carbonyl (C=O) groups is 4. The van der Waals surface area contributed by atoms with E-state index >= 15 is 0 Å². The number of halogens is 1. The van der Waals surface area contributed by atoms with Gasteiger partial charge in [0.15, 0.2) is 24.8 Å². The van der Waals surface area contributed by atoms with E-state index < -0.39 is 18.5 Å². The van der Waals surface area contributed by atoms with Crippen LogP contribution < -0.4 is 10.1 Å². The number of esters is 1. The van der Waals surface area contributed by atoms with Crippen LogP contribution in [0, 0.1) is 0 Å². The molecule has 0 spiro atoms. The summed E-state index contributed by atoms with van der Waals surface area (Å²) in [7, 11) is 0. The first-order valence-electron chi connectivity index (χ1n) is 9.58. The minimum absolute atomic E-state index is 0.207. The minimum atomic E-state index is -0.733. The summed E-state index contributed by atoms with van der Waals surface area (Å²) in [5.74, 6) is -1.48. The Labute approximate surface area is 187 Å². The molecule has 0 heterocycles. The van der Waals surface area contributed by atoms with Crippen molar-refractivity contribution in [2.24, 2.45) is 0 Å². The molecule has 0 fully saturated rings. The zero-order valence-electron chi connectivity index (χ0n) is 16.6. The van der Waals surface area contributed by atoms with Gasteiger partial charge in [-0.05, 0) is 36.4 Å². The molecule has 7 nitrogen and oxygen atoms in total. The number of benzene rings is 3. The smallest absolute Gasteiger partial charge is 0.344 e. The number of ether oxygens (including phenoxy) is 2. The van der Waals surface area contributed by atoms with E-state index in [9.17, 15) is 19.2 Å². The fourth-order valence-corrected chi connectivity index (χ4v) is 3.44. The minimum Gasteiger partial charge on any atom is -0.482 e. The topological polar surface area (TPSA) is 98.8 Å². The molecule has 160 valence electrons. The Hall–Kier alpha value is -3.97. The molecule has 0 atom stereocenters. The molecule has 3 aromatic carbocycles. The van der Waals surface area contributed by atoms with Crippen LogP contribution in [0.4, 0.5) is 5.69 Å². The third-order valence-corrected chi connectivity index (χ3v) is 4.96. The molecule has 8 heteroatoms. The van der Waals surface area contributed by atoms with Crippen molar-refractivity contribution in [2.75, 3.05) is 18.5 Å². The maximum Gasteiger partial charge on any atom is 0.344 e. The van der Waals surface area contributed by atoms with Crippen molar-refractivity contribution in [1.82, 2.24) is 0 Å². The van der Waals surface area contributed by atoms with Gasteiger partial charge in [-0.15, -0.1) is 0 Å². The number of nitrogens with one attached hydrogen (secondary N) is 1. The molecule has 4 rings (SSSR count). The van der Waals surface area contributed by atoms with Crippen LogP contribution in [0.3, 0.4) is 0 Å². The second kappa shape index (κ2) is 9.03. The summed E-state index contributed by atoms with van der Waals surface area (Å²) in [6.07, 6.45) is 0. The van der Waals surface area contributed by atoms with Gasteiger partial charge in [-0.25, -0.2) is 4.79 Å². The Morgan fingerprint density at radius 3 is 2.19 bits per heavy atom. The highest BCUT2D eigenvalue weighted by molar-refractivity contribution is 6.30. The van der Waals surface area contributed by atoms with Crippen LogP contribution in [0.1, 0.15) is 31.8 Å². The van der Waals surface area contributed by atoms with Crippen molar-refractivity contribution in [3.63, 3.8) is 0 Å². The van der Waals surface area contributed by atoms with E-state index in [1.807, 2.05) is 0 Å². The van der Waals surface area contributed by atoms with Crippen LogP contribution in [-0.2, 0) is 14.3 Å². The lowest BCUT2D eigenvalue weighted by molar-refractivity contribution is -0.149. The Morgan fingerprint density at radius 1 is 0.781 bits per heavy atom. The molecule has 1 aliphatic rings. The third-order valence-electron chi connectivity index (χ3n) is 4.73. The molecule has 0 bridgehead atoms. The molecule has 0 saturated carbocycles. The van der Waals surface area contributed by atoms with Crippen LogP contribution >= 0.6 is 11.6 Å². The zero-order valence-corrected chi connectivity index (χ0v) is 17.3. The molecule has 0 saturated heterocycles. The van der Waals surface area contributed by atoms with Gasteiger partial charge < -0.3 is 14.8 Å². The molecule has 0 radical (unpaired) electrons. The van der Waals surface area contributed by atoms with Gasteiger partial charge in [0.25, 0.3) is 5.91 Å². The highest BCUT2D eigenvalue weighted by Gasteiger charge is 2.29. The summed E-state index contributed by atoms with van der Waals surface area (Å²) in [4.78, 5) is 49.3. The van der Waals surface area contributed by atoms with E-state index in [0.717, 1.165) is 0 Å². The Bertz CT molecular complexity index is 1250. The summed E-state index contributed by atoms with van der Waals surface area (Å²) < 4.78 is 10.1. The fourth-order valence-electron chi connectivity index (χ4n) is 3.26. The van der Waals surface area contributed by atoms with E-state index in [0.29, 0.717) is 27.6 Å². The summed E-state index contributed by atoms with van der Waals surface area (Å²) in [5, 5.41) is 3.01. The number of hydrogen-bond donors (Lipinski definition) is 1. The van der Waals surface area contributed by atoms with E-state index in [-0.39, 0.29) is 29.3 Å². The fraction of sp³-hybridized carbons (Fsp3) is 0.0833. The predicted octanol–water partition coefficient (Wildman–Crippen LogP) is 3.68. The van der Waals surface area contributed by atoms with Gasteiger partial charge in [-0.2, -0.15) is 0 Å². The molecule has 0 unspecified atom stereocenters. The van der Waals surface area contributed by atoms with E-state index in [1.165, 1.54) is 18.2 Å². The van der Waals surface area contributed by atoms with Crippen molar-refractivity contribution in [2.45, 2.75) is 0 Å². The van der Waals surface area contributed by atoms with Gasteiger partial charge in [0.05, 0.1) is 0 Å². The average molecular weight is 450 g/mol. The summed E-state index contributed by atoms with van der Waals surface area (Å²) in [5.41, 5.74) is 1.46. The molecule has 1 N–H and O–H groups in total. The average Bonchev–Trinajstić information content (AvgIpc) is 2.80. The van der Waals surface area contributed by atoms with Crippen LogP contribution in [0.15, 0.2) is 66.7 Å². The lowest BCUT2D eigenvalue weighted by Gasteiger charge is -2.18. The SMILES string of the molecule is O=C(COC(=O)COc1cccc(Cl)c1)Nc1ccc2c(c1)C(=O)c1ccccc1C2=O. The lowest BCUT2D eigenvalue weighted by Crippen LogP contribution is -2.24. The van der Waals surface area contributed by atoms with Crippen LogP contribution in [-0.4, -0.2) is 36.7 Å². The van der Waals surface area contributed by atoms with Gasteiger partial charge in [-0.1, -0.05) is 41.9 Å². The van der Waals surface area contributed by atoms with Crippen LogP contribution in [0.2, 0.25) is 5.02 Å². The maximum absolute atomic E-state index is 12.8. The van der Waals surface area contributed by atoms with Crippen molar-refractivity contribution >= 4 is 40.7 Å². The highest BCUT2D eigenvalue weighted by Crippen LogP contribution is 2.29. The first-order valence-corrected chi connectivity index (χ1v) is 9.96. The number of anilines is 1. The van der Waals surface area contributed by atoms with Crippen molar-refractivity contribution < 1.29 is 28.7 Å². The Balaban J connectivity index is 1.34. The van der Waals surface area contributed by atoms with Crippen molar-refractivity contribution in [3.05, 3.63) is 94.0 Å². The molecule has 32 heavy (non-hydrogen) atoms. The van der Waals surface area contributed by atoms with Crippen LogP contribution in [0.5, 0.6) is 5.75 Å². The first-order chi connectivity index (χ1) is 15.4. The van der Waals surface area contributed by atoms with E-state index in [2.05, 4.69) is 5.32 Å². The number of carbonyl (C=O) groups excluding carboxylic acids is 4. The number of amides is 1. The molecule has 3 aromatic rings. The van der Waals surface area contributed by atoms with Gasteiger partial charge in [0, 0.05) is 33.0 Å². The Morgan fingerprint density at radius 2 is 1.47 bits per heavy atom. The molecule has 1 amide bonds. The van der Waals surface area contributed by atoms with Crippen molar-refractivity contribution in [3.8, 4) is 5.75 Å². The predicted molar refractivity (Wildman–Crippen MR) is 116 cm³/mol. The monoisotopic (exact) mass is 449 g/mol. The summed E-state index contributed by atoms with van der Waals surface area (Å²) >= 11 is 5.84. The largest absolute Gasteiger partial charge is 0.482 e. The Kier molecular flexibility index (Phi) is 6.00. The van der Waals surface area contributed by atoms with Crippen LogP contribution in [0.25, 0.3) is 0 Å². The highest BCUT2D eigenvalue weighted by atomic mass is 35.5. The molecular formula is C24H16ClNO6. The second-order valence-corrected chi connectivity index (χ2v) is 7.36. The molecule has 1 aliphatic carbocycles. The first kappa shape index (κ1) is 21.3. The normalized spacial score (nSPS) is 11.9. The standard InChI is InChI=1S/C24H16ClNO6/c25-14-4-3-5-16(10-14)31-13-22(28)32-12-21(27)26-15-8-9-19-20(11-15)24(30)18-7-2-1-6-17(18)23(19)29/h1-11H,12-13H2,(H,26,27). The van der Waals surface area contributed by atoms with Gasteiger partial charge in [0.2, 0.25) is 0 Å². The number of ketones is 2. The van der Waals surface area contributed by atoms with E-state index in [1.54, 1.807) is 48.5 Å². The van der Waals surface area contributed by atoms with Gasteiger partial charge >= 0.3 is 5.97 Å². The van der Waals surface area contributed by atoms with Gasteiger partial charge in [-0.3, -0.25) is 14.4 Å². The molecular weight excluding hydrogens is 434 g/mol. The third kappa shape index (κ3) is 4.53. The number of rotatable bonds is 6.